The van der Waals surface area contributed by atoms with Crippen molar-refractivity contribution in [2.75, 3.05) is 6.61 Å². The monoisotopic (exact) mass is 258 g/mol. The zero-order valence-electron chi connectivity index (χ0n) is 10.8. The summed E-state index contributed by atoms with van der Waals surface area (Å²) < 4.78 is 6.40. The molecule has 0 unspecified atom stereocenters. The highest BCUT2D eigenvalue weighted by molar-refractivity contribution is 6.15. The van der Waals surface area contributed by atoms with E-state index in [1.54, 1.807) is 19.9 Å². The fourth-order valence-corrected chi connectivity index (χ4v) is 1.57. The maximum Gasteiger partial charge on any atom is 0.357 e. The van der Waals surface area contributed by atoms with E-state index in [1.165, 1.54) is 4.68 Å². The lowest BCUT2D eigenvalue weighted by Gasteiger charge is -2.07. The first-order valence-electron chi connectivity index (χ1n) is 5.91. The lowest BCUT2D eigenvalue weighted by atomic mass is 10.2. The van der Waals surface area contributed by atoms with E-state index in [0.29, 0.717) is 12.4 Å². The molecule has 0 spiro atoms. The number of tetrazole rings is 1. The van der Waals surface area contributed by atoms with Crippen molar-refractivity contribution in [3.63, 3.8) is 0 Å². The van der Waals surface area contributed by atoms with Crippen molar-refractivity contribution in [1.29, 1.82) is 0 Å². The molecule has 1 aromatic carbocycles. The highest BCUT2D eigenvalue weighted by atomic mass is 16.5. The molecule has 0 N–H and O–H groups in total. The fourth-order valence-electron chi connectivity index (χ4n) is 1.57. The molecule has 0 fully saturated rings. The van der Waals surface area contributed by atoms with Crippen molar-refractivity contribution >= 4 is 17.7 Å². The van der Waals surface area contributed by atoms with E-state index >= 15 is 0 Å². The summed E-state index contributed by atoms with van der Waals surface area (Å²) in [5.74, 6) is 0.0667. The standard InChI is InChI=1S/C13H14N4O2/c1-3-19-13(18)12(17-10(2)14-15-16-17)9-11-7-5-4-6-8-11/h4-9H,3H2,1-2H3/b12-9-. The van der Waals surface area contributed by atoms with E-state index in [1.807, 2.05) is 30.3 Å². The summed E-state index contributed by atoms with van der Waals surface area (Å²) in [4.78, 5) is 12.0. The molecule has 0 bridgehead atoms. The Labute approximate surface area is 110 Å². The first-order chi connectivity index (χ1) is 9.22. The van der Waals surface area contributed by atoms with Gasteiger partial charge in [0.25, 0.3) is 0 Å². The molecule has 0 amide bonds. The summed E-state index contributed by atoms with van der Waals surface area (Å²) >= 11 is 0. The van der Waals surface area contributed by atoms with E-state index in [4.69, 9.17) is 4.74 Å². The van der Waals surface area contributed by atoms with Crippen molar-refractivity contribution in [3.8, 4) is 0 Å². The molecule has 0 aliphatic carbocycles. The molecule has 98 valence electrons. The molecule has 0 saturated carbocycles. The highest BCUT2D eigenvalue weighted by Gasteiger charge is 2.16. The number of aromatic nitrogens is 4. The number of carbonyl (C=O) groups excluding carboxylic acids is 1. The van der Waals surface area contributed by atoms with E-state index in [-0.39, 0.29) is 5.70 Å². The number of rotatable bonds is 4. The predicted octanol–water partition coefficient (Wildman–Crippen LogP) is 1.54. The van der Waals surface area contributed by atoms with Gasteiger partial charge in [-0.15, -0.1) is 5.10 Å². The Kier molecular flexibility index (Phi) is 4.02. The van der Waals surface area contributed by atoms with Gasteiger partial charge in [-0.1, -0.05) is 30.3 Å². The quantitative estimate of drug-likeness (QED) is 0.614. The summed E-state index contributed by atoms with van der Waals surface area (Å²) in [6.07, 6.45) is 1.70. The molecular formula is C13H14N4O2. The van der Waals surface area contributed by atoms with Gasteiger partial charge >= 0.3 is 5.97 Å². The molecule has 2 rings (SSSR count). The van der Waals surface area contributed by atoms with Crippen LogP contribution >= 0.6 is 0 Å². The molecule has 6 nitrogen and oxygen atoms in total. The van der Waals surface area contributed by atoms with Gasteiger partial charge in [-0.3, -0.25) is 0 Å². The minimum absolute atomic E-state index is 0.288. The van der Waals surface area contributed by atoms with Crippen molar-refractivity contribution in [3.05, 3.63) is 41.7 Å². The molecule has 1 aromatic heterocycles. The van der Waals surface area contributed by atoms with Gasteiger partial charge in [0.1, 0.15) is 0 Å². The number of nitrogens with zero attached hydrogens (tertiary/aromatic N) is 4. The Morgan fingerprint density at radius 3 is 2.68 bits per heavy atom. The smallest absolute Gasteiger partial charge is 0.357 e. The SMILES string of the molecule is CCOC(=O)/C(=C/c1ccccc1)n1nnnc1C. The van der Waals surface area contributed by atoms with Crippen molar-refractivity contribution in [2.24, 2.45) is 0 Å². The van der Waals surface area contributed by atoms with Crippen molar-refractivity contribution < 1.29 is 9.53 Å². The number of esters is 1. The Morgan fingerprint density at radius 1 is 1.37 bits per heavy atom. The average Bonchev–Trinajstić information content (AvgIpc) is 2.83. The molecule has 0 radical (unpaired) electrons. The minimum Gasteiger partial charge on any atom is -0.461 e. The van der Waals surface area contributed by atoms with Crippen LogP contribution in [0.5, 0.6) is 0 Å². The summed E-state index contributed by atoms with van der Waals surface area (Å²) in [7, 11) is 0. The van der Waals surface area contributed by atoms with E-state index in [9.17, 15) is 4.79 Å². The lowest BCUT2D eigenvalue weighted by Crippen LogP contribution is -2.14. The van der Waals surface area contributed by atoms with Crippen LogP contribution in [0.3, 0.4) is 0 Å². The maximum atomic E-state index is 12.0. The van der Waals surface area contributed by atoms with Gasteiger partial charge in [-0.25, -0.2) is 4.79 Å². The third kappa shape index (κ3) is 3.04. The van der Waals surface area contributed by atoms with Crippen molar-refractivity contribution in [1.82, 2.24) is 20.2 Å². The maximum absolute atomic E-state index is 12.0. The number of aryl methyl sites for hydroxylation is 1. The summed E-state index contributed by atoms with van der Waals surface area (Å²) in [5, 5.41) is 11.1. The van der Waals surface area contributed by atoms with E-state index in [2.05, 4.69) is 15.5 Å². The van der Waals surface area contributed by atoms with Gasteiger partial charge < -0.3 is 4.74 Å². The predicted molar refractivity (Wildman–Crippen MR) is 69.8 cm³/mol. The van der Waals surface area contributed by atoms with Gasteiger partial charge in [-0.05, 0) is 35.9 Å². The van der Waals surface area contributed by atoms with Crippen LogP contribution in [0.15, 0.2) is 30.3 Å². The first kappa shape index (κ1) is 12.9. The third-order valence-corrected chi connectivity index (χ3v) is 2.44. The zero-order chi connectivity index (χ0) is 13.7. The molecule has 19 heavy (non-hydrogen) atoms. The fraction of sp³-hybridized carbons (Fsp3) is 0.231. The molecule has 1 heterocycles. The summed E-state index contributed by atoms with van der Waals surface area (Å²) in [6.45, 7) is 3.77. The highest BCUT2D eigenvalue weighted by Crippen LogP contribution is 2.13. The topological polar surface area (TPSA) is 69.9 Å². The van der Waals surface area contributed by atoms with Crippen LogP contribution in [0.25, 0.3) is 11.8 Å². The molecule has 0 aliphatic heterocycles. The van der Waals surface area contributed by atoms with Crippen LogP contribution in [0.4, 0.5) is 0 Å². The van der Waals surface area contributed by atoms with Crippen LogP contribution in [0.2, 0.25) is 0 Å². The van der Waals surface area contributed by atoms with Crippen LogP contribution in [0.1, 0.15) is 18.3 Å². The molecule has 0 saturated heterocycles. The van der Waals surface area contributed by atoms with Gasteiger partial charge in [-0.2, -0.15) is 4.68 Å². The molecule has 2 aromatic rings. The Hall–Kier alpha value is -2.50. The van der Waals surface area contributed by atoms with E-state index in [0.717, 1.165) is 5.56 Å². The average molecular weight is 258 g/mol. The number of carbonyl (C=O) groups is 1. The molecule has 0 atom stereocenters. The first-order valence-corrected chi connectivity index (χ1v) is 5.91. The van der Waals surface area contributed by atoms with Gasteiger partial charge in [0.15, 0.2) is 11.5 Å². The summed E-state index contributed by atoms with van der Waals surface area (Å²) in [5.41, 5.74) is 1.16. The lowest BCUT2D eigenvalue weighted by molar-refractivity contribution is -0.136. The molecular weight excluding hydrogens is 244 g/mol. The van der Waals surface area contributed by atoms with E-state index < -0.39 is 5.97 Å². The van der Waals surface area contributed by atoms with Crippen molar-refractivity contribution in [2.45, 2.75) is 13.8 Å². The summed E-state index contributed by atoms with van der Waals surface area (Å²) in [6, 6.07) is 9.46. The number of hydrogen-bond acceptors (Lipinski definition) is 5. The second kappa shape index (κ2) is 5.90. The number of ether oxygens (including phenoxy) is 1. The Morgan fingerprint density at radius 2 is 2.11 bits per heavy atom. The minimum atomic E-state index is -0.457. The van der Waals surface area contributed by atoms with Crippen LogP contribution in [-0.2, 0) is 9.53 Å². The molecule has 0 aliphatic rings. The third-order valence-electron chi connectivity index (χ3n) is 2.44. The second-order valence-electron chi connectivity index (χ2n) is 3.80. The van der Waals surface area contributed by atoms with Crippen LogP contribution in [-0.4, -0.2) is 32.8 Å². The largest absolute Gasteiger partial charge is 0.461 e. The van der Waals surface area contributed by atoms with Gasteiger partial charge in [0.05, 0.1) is 6.61 Å². The second-order valence-corrected chi connectivity index (χ2v) is 3.80. The normalized spacial score (nSPS) is 11.4. The van der Waals surface area contributed by atoms with Crippen LogP contribution < -0.4 is 0 Å². The zero-order valence-corrected chi connectivity index (χ0v) is 10.8. The molecule has 6 heteroatoms. The Bertz CT molecular complexity index is 590. The van der Waals surface area contributed by atoms with Gasteiger partial charge in [0, 0.05) is 0 Å². The number of benzene rings is 1. The number of hydrogen-bond donors (Lipinski definition) is 0. The Balaban J connectivity index is 2.43. The van der Waals surface area contributed by atoms with Gasteiger partial charge in [0.2, 0.25) is 0 Å². The van der Waals surface area contributed by atoms with Crippen LogP contribution in [0, 0.1) is 6.92 Å².